The molecule has 1 unspecified atom stereocenters. The highest BCUT2D eigenvalue weighted by Crippen LogP contribution is 2.13. The zero-order chi connectivity index (χ0) is 13.8. The van der Waals surface area contributed by atoms with Crippen LogP contribution in [0.4, 0.5) is 0 Å². The molecule has 0 bridgehead atoms. The number of aromatic nitrogens is 2. The SMILES string of the molecule is C#CCC(CC)NS(=O)(=O)c1[nH]ncc1C(=O)O. The monoisotopic (exact) mass is 271 g/mol. The van der Waals surface area contributed by atoms with Crippen LogP contribution in [-0.2, 0) is 10.0 Å². The first kappa shape index (κ1) is 14.2. The van der Waals surface area contributed by atoms with E-state index in [1.807, 2.05) is 0 Å². The number of sulfonamides is 1. The molecule has 98 valence electrons. The summed E-state index contributed by atoms with van der Waals surface area (Å²) < 4.78 is 26.2. The third-order valence-electron chi connectivity index (χ3n) is 2.28. The zero-order valence-corrected chi connectivity index (χ0v) is 10.5. The van der Waals surface area contributed by atoms with E-state index in [-0.39, 0.29) is 6.42 Å². The minimum Gasteiger partial charge on any atom is -0.478 e. The molecule has 1 aromatic heterocycles. The van der Waals surface area contributed by atoms with E-state index in [1.165, 1.54) is 0 Å². The lowest BCUT2D eigenvalue weighted by Gasteiger charge is -2.13. The average Bonchev–Trinajstić information content (AvgIpc) is 2.77. The number of terminal acetylenes is 1. The van der Waals surface area contributed by atoms with Crippen LogP contribution in [0.5, 0.6) is 0 Å². The van der Waals surface area contributed by atoms with E-state index in [0.717, 1.165) is 6.20 Å². The third kappa shape index (κ3) is 3.09. The Bertz CT molecular complexity index is 570. The molecule has 8 heteroatoms. The van der Waals surface area contributed by atoms with Gasteiger partial charge in [0.25, 0.3) is 10.0 Å². The molecule has 1 rings (SSSR count). The molecule has 0 aliphatic rings. The number of hydrogen-bond acceptors (Lipinski definition) is 4. The maximum atomic E-state index is 11.9. The smallest absolute Gasteiger partial charge is 0.340 e. The van der Waals surface area contributed by atoms with E-state index in [1.54, 1.807) is 6.92 Å². The summed E-state index contributed by atoms with van der Waals surface area (Å²) >= 11 is 0. The van der Waals surface area contributed by atoms with Crippen molar-refractivity contribution in [3.63, 3.8) is 0 Å². The third-order valence-corrected chi connectivity index (χ3v) is 3.77. The van der Waals surface area contributed by atoms with E-state index in [9.17, 15) is 13.2 Å². The molecule has 3 N–H and O–H groups in total. The number of aromatic carboxylic acids is 1. The van der Waals surface area contributed by atoms with Crippen molar-refractivity contribution in [3.8, 4) is 12.3 Å². The summed E-state index contributed by atoms with van der Waals surface area (Å²) in [6, 6.07) is -0.440. The fraction of sp³-hybridized carbons (Fsp3) is 0.400. The summed E-state index contributed by atoms with van der Waals surface area (Å²) in [4.78, 5) is 10.8. The van der Waals surface area contributed by atoms with Gasteiger partial charge in [-0.15, -0.1) is 12.3 Å². The molecule has 1 aromatic rings. The van der Waals surface area contributed by atoms with Crippen molar-refractivity contribution in [1.29, 1.82) is 0 Å². The highest BCUT2D eigenvalue weighted by atomic mass is 32.2. The fourth-order valence-corrected chi connectivity index (χ4v) is 2.73. The van der Waals surface area contributed by atoms with Crippen LogP contribution in [0.3, 0.4) is 0 Å². The molecule has 0 amide bonds. The van der Waals surface area contributed by atoms with Crippen molar-refractivity contribution in [2.24, 2.45) is 0 Å². The summed E-state index contributed by atoms with van der Waals surface area (Å²) in [5.74, 6) is 0.988. The second kappa shape index (κ2) is 5.66. The van der Waals surface area contributed by atoms with Gasteiger partial charge in [-0.3, -0.25) is 5.10 Å². The molecule has 0 spiro atoms. The standard InChI is InChI=1S/C10H13N3O4S/c1-3-5-7(4-2)13-18(16,17)9-8(10(14)15)6-11-12-9/h1,6-7,13H,4-5H2,2H3,(H,11,12)(H,14,15). The van der Waals surface area contributed by atoms with Crippen molar-refractivity contribution < 1.29 is 18.3 Å². The van der Waals surface area contributed by atoms with Crippen LogP contribution < -0.4 is 4.72 Å². The predicted octanol–water partition coefficient (Wildman–Crippen LogP) is 0.188. The van der Waals surface area contributed by atoms with Crippen molar-refractivity contribution in [3.05, 3.63) is 11.8 Å². The Labute approximate surface area is 105 Å². The molecule has 0 aromatic carbocycles. The van der Waals surface area contributed by atoms with Gasteiger partial charge in [-0.2, -0.15) is 5.10 Å². The van der Waals surface area contributed by atoms with Gasteiger partial charge >= 0.3 is 5.97 Å². The van der Waals surface area contributed by atoms with Crippen LogP contribution in [-0.4, -0.2) is 35.7 Å². The highest BCUT2D eigenvalue weighted by Gasteiger charge is 2.26. The van der Waals surface area contributed by atoms with Gasteiger partial charge in [-0.05, 0) is 6.42 Å². The molecule has 0 saturated heterocycles. The number of nitrogens with zero attached hydrogens (tertiary/aromatic N) is 1. The second-order valence-electron chi connectivity index (χ2n) is 3.55. The number of carboxylic acid groups (broad SMARTS) is 1. The summed E-state index contributed by atoms with van der Waals surface area (Å²) in [6.45, 7) is 1.77. The summed E-state index contributed by atoms with van der Waals surface area (Å²) in [5, 5.41) is 14.0. The van der Waals surface area contributed by atoms with Gasteiger partial charge in [0.15, 0.2) is 5.03 Å². The maximum absolute atomic E-state index is 11.9. The minimum atomic E-state index is -3.97. The van der Waals surface area contributed by atoms with Crippen molar-refractivity contribution in [2.45, 2.75) is 30.8 Å². The van der Waals surface area contributed by atoms with Crippen LogP contribution in [0.2, 0.25) is 0 Å². The van der Waals surface area contributed by atoms with E-state index in [0.29, 0.717) is 6.42 Å². The first-order valence-corrected chi connectivity index (χ1v) is 6.63. The van der Waals surface area contributed by atoms with Gasteiger partial charge in [0.1, 0.15) is 5.56 Å². The molecule has 18 heavy (non-hydrogen) atoms. The quantitative estimate of drug-likeness (QED) is 0.639. The van der Waals surface area contributed by atoms with Crippen molar-refractivity contribution >= 4 is 16.0 Å². The van der Waals surface area contributed by atoms with Crippen molar-refractivity contribution in [1.82, 2.24) is 14.9 Å². The second-order valence-corrected chi connectivity index (χ2v) is 5.20. The lowest BCUT2D eigenvalue weighted by molar-refractivity contribution is 0.0692. The topological polar surface area (TPSA) is 112 Å². The number of hydrogen-bond donors (Lipinski definition) is 3. The Balaban J connectivity index is 3.03. The molecular formula is C10H13N3O4S. The molecular weight excluding hydrogens is 258 g/mol. The number of carbonyl (C=O) groups is 1. The Kier molecular flexibility index (Phi) is 4.47. The average molecular weight is 271 g/mol. The molecule has 0 saturated carbocycles. The van der Waals surface area contributed by atoms with Gasteiger partial charge in [0.2, 0.25) is 0 Å². The number of H-pyrrole nitrogens is 1. The maximum Gasteiger partial charge on any atom is 0.340 e. The number of carboxylic acids is 1. The van der Waals surface area contributed by atoms with Gasteiger partial charge in [-0.1, -0.05) is 6.92 Å². The molecule has 1 heterocycles. The Morgan fingerprint density at radius 1 is 1.72 bits per heavy atom. The summed E-state index contributed by atoms with van der Waals surface area (Å²) in [7, 11) is -3.97. The van der Waals surface area contributed by atoms with Crippen LogP contribution >= 0.6 is 0 Å². The van der Waals surface area contributed by atoms with Crippen LogP contribution in [0.25, 0.3) is 0 Å². The molecule has 1 atom stereocenters. The van der Waals surface area contributed by atoms with Crippen LogP contribution in [0, 0.1) is 12.3 Å². The van der Waals surface area contributed by atoms with E-state index in [4.69, 9.17) is 11.5 Å². The summed E-state index contributed by atoms with van der Waals surface area (Å²) in [6.07, 6.45) is 6.79. The number of nitrogens with one attached hydrogen (secondary N) is 2. The fourth-order valence-electron chi connectivity index (χ4n) is 1.32. The highest BCUT2D eigenvalue weighted by molar-refractivity contribution is 7.89. The van der Waals surface area contributed by atoms with Gasteiger partial charge in [0, 0.05) is 12.5 Å². The molecule has 0 fully saturated rings. The molecule has 0 aliphatic carbocycles. The molecule has 0 radical (unpaired) electrons. The first-order chi connectivity index (χ1) is 8.42. The van der Waals surface area contributed by atoms with Crippen molar-refractivity contribution in [2.75, 3.05) is 0 Å². The molecule has 0 aliphatic heterocycles. The Hall–Kier alpha value is -1.85. The zero-order valence-electron chi connectivity index (χ0n) is 9.67. The largest absolute Gasteiger partial charge is 0.478 e. The Morgan fingerprint density at radius 3 is 2.89 bits per heavy atom. The first-order valence-electron chi connectivity index (χ1n) is 5.14. The predicted molar refractivity (Wildman–Crippen MR) is 63.4 cm³/mol. The summed E-state index contributed by atoms with van der Waals surface area (Å²) in [5.41, 5.74) is -0.405. The van der Waals surface area contributed by atoms with Gasteiger partial charge in [-0.25, -0.2) is 17.9 Å². The number of rotatable bonds is 6. The molecule has 7 nitrogen and oxygen atoms in total. The minimum absolute atomic E-state index is 0.228. The van der Waals surface area contributed by atoms with E-state index in [2.05, 4.69) is 20.8 Å². The lowest BCUT2D eigenvalue weighted by Crippen LogP contribution is -2.35. The lowest BCUT2D eigenvalue weighted by atomic mass is 10.2. The Morgan fingerprint density at radius 2 is 2.39 bits per heavy atom. The van der Waals surface area contributed by atoms with Crippen LogP contribution in [0.1, 0.15) is 30.1 Å². The number of aromatic amines is 1. The van der Waals surface area contributed by atoms with E-state index >= 15 is 0 Å². The van der Waals surface area contributed by atoms with Crippen LogP contribution in [0.15, 0.2) is 11.2 Å². The van der Waals surface area contributed by atoms with E-state index < -0.39 is 32.6 Å². The van der Waals surface area contributed by atoms with Gasteiger partial charge < -0.3 is 5.11 Å². The van der Waals surface area contributed by atoms with Gasteiger partial charge in [0.05, 0.1) is 6.20 Å². The normalized spacial score (nSPS) is 12.9.